The molecule has 1 aromatic heterocycles. The van der Waals surface area contributed by atoms with E-state index in [9.17, 15) is 4.79 Å². The summed E-state index contributed by atoms with van der Waals surface area (Å²) in [5.41, 5.74) is 0.729. The maximum Gasteiger partial charge on any atom is 0.267 e. The average Bonchev–Trinajstić information content (AvgIpc) is 2.74. The molecule has 1 amide bonds. The molecule has 0 bridgehead atoms. The summed E-state index contributed by atoms with van der Waals surface area (Å²) in [6, 6.07) is 0. The predicted molar refractivity (Wildman–Crippen MR) is 68.6 cm³/mol. The van der Waals surface area contributed by atoms with Crippen LogP contribution in [0.4, 0.5) is 0 Å². The molecule has 0 N–H and O–H groups in total. The minimum atomic E-state index is 0.0678. The number of rotatable bonds is 2. The van der Waals surface area contributed by atoms with Gasteiger partial charge in [-0.3, -0.25) is 4.79 Å². The molecule has 1 fully saturated rings. The fraction of sp³-hybridized carbons (Fsp3) is 0.727. The molecule has 0 aromatic carbocycles. The number of aryl methyl sites for hydroxylation is 1. The Balaban J connectivity index is 1.98. The number of alkyl halides is 1. The van der Waals surface area contributed by atoms with Crippen molar-refractivity contribution in [1.29, 1.82) is 0 Å². The standard InChI is InChI=1S/C11H16ClN3OS/c1-7(12)9-3-5-15(6-4-9)11(16)10-8(2)13-14-17-10/h7,9H,3-6H2,1-2H3. The molecule has 2 rings (SSSR count). The van der Waals surface area contributed by atoms with Gasteiger partial charge in [0.15, 0.2) is 0 Å². The Labute approximate surface area is 110 Å². The van der Waals surface area contributed by atoms with Gasteiger partial charge in [-0.1, -0.05) is 4.49 Å². The number of aromatic nitrogens is 2. The lowest BCUT2D eigenvalue weighted by Crippen LogP contribution is -2.39. The van der Waals surface area contributed by atoms with E-state index >= 15 is 0 Å². The SMILES string of the molecule is Cc1nnsc1C(=O)N1CCC(C(C)Cl)CC1. The second-order valence-corrected chi connectivity index (χ2v) is 5.94. The molecule has 0 radical (unpaired) electrons. The molecule has 0 spiro atoms. The predicted octanol–water partition coefficient (Wildman–Crippen LogP) is 2.33. The number of hydrogen-bond acceptors (Lipinski definition) is 4. The summed E-state index contributed by atoms with van der Waals surface area (Å²) in [7, 11) is 0. The average molecular weight is 274 g/mol. The summed E-state index contributed by atoms with van der Waals surface area (Å²) in [4.78, 5) is 14.7. The number of nitrogens with zero attached hydrogens (tertiary/aromatic N) is 3. The summed E-state index contributed by atoms with van der Waals surface area (Å²) in [6.07, 6.45) is 1.98. The minimum absolute atomic E-state index is 0.0678. The molecule has 1 saturated heterocycles. The Kier molecular flexibility index (Phi) is 3.99. The van der Waals surface area contributed by atoms with Crippen molar-refractivity contribution in [2.75, 3.05) is 13.1 Å². The van der Waals surface area contributed by atoms with Crippen LogP contribution in [-0.4, -0.2) is 38.9 Å². The fourth-order valence-electron chi connectivity index (χ4n) is 2.13. The van der Waals surface area contributed by atoms with Gasteiger partial charge in [-0.2, -0.15) is 0 Å². The van der Waals surface area contributed by atoms with Gasteiger partial charge in [0.25, 0.3) is 5.91 Å². The van der Waals surface area contributed by atoms with Gasteiger partial charge in [-0.25, -0.2) is 0 Å². The molecule has 1 aromatic rings. The Hall–Kier alpha value is -0.680. The smallest absolute Gasteiger partial charge is 0.267 e. The highest BCUT2D eigenvalue weighted by Crippen LogP contribution is 2.25. The molecular weight excluding hydrogens is 258 g/mol. The molecule has 4 nitrogen and oxygen atoms in total. The van der Waals surface area contributed by atoms with Crippen molar-refractivity contribution in [3.63, 3.8) is 0 Å². The van der Waals surface area contributed by atoms with Crippen molar-refractivity contribution >= 4 is 29.0 Å². The number of halogens is 1. The van der Waals surface area contributed by atoms with Crippen molar-refractivity contribution in [1.82, 2.24) is 14.5 Å². The number of carbonyl (C=O) groups is 1. The lowest BCUT2D eigenvalue weighted by molar-refractivity contribution is 0.0694. The zero-order valence-corrected chi connectivity index (χ0v) is 11.6. The van der Waals surface area contributed by atoms with Gasteiger partial charge >= 0.3 is 0 Å². The van der Waals surface area contributed by atoms with Crippen molar-refractivity contribution in [2.24, 2.45) is 5.92 Å². The van der Waals surface area contributed by atoms with Crippen LogP contribution >= 0.6 is 23.1 Å². The highest BCUT2D eigenvalue weighted by atomic mass is 35.5. The van der Waals surface area contributed by atoms with E-state index in [0.29, 0.717) is 10.8 Å². The van der Waals surface area contributed by atoms with Gasteiger partial charge in [0.05, 0.1) is 5.69 Å². The van der Waals surface area contributed by atoms with Crippen molar-refractivity contribution in [3.8, 4) is 0 Å². The first-order chi connectivity index (χ1) is 8.09. The summed E-state index contributed by atoms with van der Waals surface area (Å²) in [5.74, 6) is 0.597. The molecule has 1 aliphatic heterocycles. The second kappa shape index (κ2) is 5.31. The fourth-order valence-corrected chi connectivity index (χ4v) is 3.01. The molecule has 1 aliphatic rings. The lowest BCUT2D eigenvalue weighted by Gasteiger charge is -2.32. The first-order valence-corrected chi connectivity index (χ1v) is 7.03. The quantitative estimate of drug-likeness (QED) is 0.777. The van der Waals surface area contributed by atoms with E-state index in [4.69, 9.17) is 11.6 Å². The van der Waals surface area contributed by atoms with Crippen LogP contribution in [0.3, 0.4) is 0 Å². The van der Waals surface area contributed by atoms with Gasteiger partial charge in [0.1, 0.15) is 4.88 Å². The van der Waals surface area contributed by atoms with Gasteiger partial charge in [0.2, 0.25) is 0 Å². The number of piperidine rings is 1. The third-order valence-electron chi connectivity index (χ3n) is 3.32. The number of carbonyl (C=O) groups excluding carboxylic acids is 1. The van der Waals surface area contributed by atoms with Crippen LogP contribution in [0.2, 0.25) is 0 Å². The lowest BCUT2D eigenvalue weighted by atomic mass is 9.94. The van der Waals surface area contributed by atoms with Crippen LogP contribution < -0.4 is 0 Å². The van der Waals surface area contributed by atoms with Crippen LogP contribution in [0.1, 0.15) is 35.1 Å². The van der Waals surface area contributed by atoms with Crippen LogP contribution in [-0.2, 0) is 0 Å². The van der Waals surface area contributed by atoms with Crippen molar-refractivity contribution in [2.45, 2.75) is 32.1 Å². The Morgan fingerprint density at radius 3 is 2.65 bits per heavy atom. The van der Waals surface area contributed by atoms with Crippen molar-refractivity contribution in [3.05, 3.63) is 10.6 Å². The van der Waals surface area contributed by atoms with Crippen molar-refractivity contribution < 1.29 is 4.79 Å². The van der Waals surface area contributed by atoms with E-state index < -0.39 is 0 Å². The number of likely N-dealkylation sites (tertiary alicyclic amines) is 1. The molecule has 17 heavy (non-hydrogen) atoms. The zero-order valence-electron chi connectivity index (χ0n) is 10.0. The van der Waals surface area contributed by atoms with Gasteiger partial charge < -0.3 is 4.90 Å². The largest absolute Gasteiger partial charge is 0.338 e. The highest BCUT2D eigenvalue weighted by molar-refractivity contribution is 7.07. The number of hydrogen-bond donors (Lipinski definition) is 0. The van der Waals surface area contributed by atoms with Crippen LogP contribution in [0.5, 0.6) is 0 Å². The first kappa shape index (κ1) is 12.8. The normalized spacial score (nSPS) is 19.4. The molecule has 94 valence electrons. The van der Waals surface area contributed by atoms with Gasteiger partial charge in [-0.05, 0) is 44.1 Å². The Morgan fingerprint density at radius 2 is 2.18 bits per heavy atom. The topological polar surface area (TPSA) is 46.1 Å². The minimum Gasteiger partial charge on any atom is -0.338 e. The van der Waals surface area contributed by atoms with E-state index in [0.717, 1.165) is 31.6 Å². The zero-order chi connectivity index (χ0) is 12.4. The summed E-state index contributed by atoms with van der Waals surface area (Å²) in [5, 5.41) is 4.07. The number of amides is 1. The van der Waals surface area contributed by atoms with E-state index in [2.05, 4.69) is 9.59 Å². The molecule has 6 heteroatoms. The van der Waals surface area contributed by atoms with E-state index in [1.54, 1.807) is 0 Å². The first-order valence-electron chi connectivity index (χ1n) is 5.82. The van der Waals surface area contributed by atoms with E-state index in [-0.39, 0.29) is 11.3 Å². The van der Waals surface area contributed by atoms with E-state index in [1.807, 2.05) is 18.7 Å². The second-order valence-electron chi connectivity index (χ2n) is 4.49. The van der Waals surface area contributed by atoms with Gasteiger partial charge in [0, 0.05) is 18.5 Å². The molecule has 2 heterocycles. The summed E-state index contributed by atoms with van der Waals surface area (Å²) in [6.45, 7) is 5.43. The monoisotopic (exact) mass is 273 g/mol. The molecular formula is C11H16ClN3OS. The third-order valence-corrected chi connectivity index (χ3v) is 4.49. The van der Waals surface area contributed by atoms with Crippen LogP contribution in [0.15, 0.2) is 0 Å². The van der Waals surface area contributed by atoms with Crippen LogP contribution in [0, 0.1) is 12.8 Å². The summed E-state index contributed by atoms with van der Waals surface area (Å²) >= 11 is 7.27. The molecule has 0 saturated carbocycles. The Bertz CT molecular complexity index is 399. The molecule has 1 atom stereocenters. The maximum atomic E-state index is 12.2. The van der Waals surface area contributed by atoms with Gasteiger partial charge in [-0.15, -0.1) is 16.7 Å². The molecule has 0 aliphatic carbocycles. The molecule has 1 unspecified atom stereocenters. The highest BCUT2D eigenvalue weighted by Gasteiger charge is 2.27. The third kappa shape index (κ3) is 2.77. The maximum absolute atomic E-state index is 12.2. The summed E-state index contributed by atoms with van der Waals surface area (Å²) < 4.78 is 3.80. The van der Waals surface area contributed by atoms with Crippen LogP contribution in [0.25, 0.3) is 0 Å². The Morgan fingerprint density at radius 1 is 1.53 bits per heavy atom. The van der Waals surface area contributed by atoms with E-state index in [1.165, 1.54) is 11.5 Å².